The van der Waals surface area contributed by atoms with E-state index >= 15 is 0 Å². The Morgan fingerprint density at radius 3 is 2.44 bits per heavy atom. The summed E-state index contributed by atoms with van der Waals surface area (Å²) in [6, 6.07) is 10.7. The number of aromatic amines is 1. The Bertz CT molecular complexity index is 706. The molecule has 2 nitrogen and oxygen atoms in total. The molecule has 0 bridgehead atoms. The van der Waals surface area contributed by atoms with Gasteiger partial charge in [0.15, 0.2) is 0 Å². The van der Waals surface area contributed by atoms with Gasteiger partial charge < -0.3 is 4.98 Å². The average molecular weight is 236 g/mol. The summed E-state index contributed by atoms with van der Waals surface area (Å²) in [4.78, 5) is 7.84. The first-order valence-corrected chi connectivity index (χ1v) is 6.17. The molecular weight excluding hydrogens is 220 g/mol. The lowest BCUT2D eigenvalue weighted by atomic mass is 10.1. The van der Waals surface area contributed by atoms with Gasteiger partial charge in [0.05, 0.1) is 0 Å². The summed E-state index contributed by atoms with van der Waals surface area (Å²) in [7, 11) is 0. The minimum absolute atomic E-state index is 0.966. The van der Waals surface area contributed by atoms with Crippen LogP contribution in [0.15, 0.2) is 36.5 Å². The maximum absolute atomic E-state index is 4.45. The molecule has 0 fully saturated rings. The van der Waals surface area contributed by atoms with Gasteiger partial charge in [-0.25, -0.2) is 4.98 Å². The van der Waals surface area contributed by atoms with E-state index in [1.165, 1.54) is 27.6 Å². The number of nitrogens with one attached hydrogen (secondary N) is 1. The zero-order valence-electron chi connectivity index (χ0n) is 10.9. The third-order valence-corrected chi connectivity index (χ3v) is 3.54. The van der Waals surface area contributed by atoms with E-state index in [-0.39, 0.29) is 0 Å². The molecule has 0 aliphatic rings. The maximum atomic E-state index is 4.45. The van der Waals surface area contributed by atoms with Crippen molar-refractivity contribution in [3.05, 3.63) is 53.2 Å². The highest BCUT2D eigenvalue weighted by atomic mass is 14.9. The highest BCUT2D eigenvalue weighted by Crippen LogP contribution is 2.26. The first-order valence-electron chi connectivity index (χ1n) is 6.17. The summed E-state index contributed by atoms with van der Waals surface area (Å²) in [6.45, 7) is 6.34. The normalized spacial score (nSPS) is 11.1. The highest BCUT2D eigenvalue weighted by Gasteiger charge is 2.07. The lowest BCUT2D eigenvalue weighted by molar-refractivity contribution is 1.25. The third kappa shape index (κ3) is 1.70. The van der Waals surface area contributed by atoms with E-state index in [2.05, 4.69) is 61.1 Å². The number of hydrogen-bond acceptors (Lipinski definition) is 1. The van der Waals surface area contributed by atoms with Crippen molar-refractivity contribution in [1.82, 2.24) is 9.97 Å². The zero-order chi connectivity index (χ0) is 12.7. The van der Waals surface area contributed by atoms with E-state index in [0.717, 1.165) is 11.3 Å². The number of hydrogen-bond donors (Lipinski definition) is 1. The number of benzene rings is 1. The van der Waals surface area contributed by atoms with Gasteiger partial charge >= 0.3 is 0 Å². The second-order valence-corrected chi connectivity index (χ2v) is 4.88. The fraction of sp³-hybridized carbons (Fsp3) is 0.188. The van der Waals surface area contributed by atoms with Gasteiger partial charge in [0, 0.05) is 17.3 Å². The molecule has 2 heteroatoms. The molecule has 0 atom stereocenters. The van der Waals surface area contributed by atoms with E-state index in [9.17, 15) is 0 Å². The largest absolute Gasteiger partial charge is 0.339 e. The second-order valence-electron chi connectivity index (χ2n) is 4.88. The van der Waals surface area contributed by atoms with Crippen LogP contribution in [0.2, 0.25) is 0 Å². The van der Waals surface area contributed by atoms with Crippen molar-refractivity contribution in [2.45, 2.75) is 20.8 Å². The molecule has 2 aromatic heterocycles. The number of H-pyrrole nitrogens is 1. The molecule has 1 aromatic carbocycles. The number of rotatable bonds is 1. The summed E-state index contributed by atoms with van der Waals surface area (Å²) < 4.78 is 0. The molecule has 18 heavy (non-hydrogen) atoms. The van der Waals surface area contributed by atoms with Crippen LogP contribution in [0.5, 0.6) is 0 Å². The summed E-state index contributed by atoms with van der Waals surface area (Å²) in [6.07, 6.45) is 1.92. The summed E-state index contributed by atoms with van der Waals surface area (Å²) >= 11 is 0. The second kappa shape index (κ2) is 3.98. The minimum Gasteiger partial charge on any atom is -0.339 e. The van der Waals surface area contributed by atoms with Crippen LogP contribution in [-0.2, 0) is 0 Å². The third-order valence-electron chi connectivity index (χ3n) is 3.54. The molecule has 3 rings (SSSR count). The van der Waals surface area contributed by atoms with Crippen molar-refractivity contribution >= 4 is 11.0 Å². The smallest absolute Gasteiger partial charge is 0.137 e. The van der Waals surface area contributed by atoms with Crippen molar-refractivity contribution in [2.24, 2.45) is 0 Å². The monoisotopic (exact) mass is 236 g/mol. The van der Waals surface area contributed by atoms with Crippen LogP contribution in [0.25, 0.3) is 22.3 Å². The summed E-state index contributed by atoms with van der Waals surface area (Å²) in [5, 5.41) is 1.21. The number of pyridine rings is 1. The lowest BCUT2D eigenvalue weighted by Gasteiger charge is -1.98. The van der Waals surface area contributed by atoms with Crippen LogP contribution in [-0.4, -0.2) is 9.97 Å². The quantitative estimate of drug-likeness (QED) is 0.675. The van der Waals surface area contributed by atoms with Crippen LogP contribution in [0.1, 0.15) is 16.7 Å². The Morgan fingerprint density at radius 2 is 1.72 bits per heavy atom. The van der Waals surface area contributed by atoms with Crippen LogP contribution >= 0.6 is 0 Å². The Balaban J connectivity index is 2.19. The first-order chi connectivity index (χ1) is 8.65. The standard InChI is InChI=1S/C16H16N2/c1-10-4-6-13(7-5-10)15-8-14-12(3)11(2)9-17-16(14)18-15/h4-9H,1-3H3,(H,17,18). The molecule has 0 saturated heterocycles. The molecule has 0 aliphatic heterocycles. The van der Waals surface area contributed by atoms with E-state index in [1.807, 2.05) is 6.20 Å². The van der Waals surface area contributed by atoms with Gasteiger partial charge in [-0.1, -0.05) is 29.8 Å². The number of nitrogens with zero attached hydrogens (tertiary/aromatic N) is 1. The number of fused-ring (bicyclic) bond motifs is 1. The highest BCUT2D eigenvalue weighted by molar-refractivity contribution is 5.86. The maximum Gasteiger partial charge on any atom is 0.137 e. The van der Waals surface area contributed by atoms with E-state index in [1.54, 1.807) is 0 Å². The first kappa shape index (κ1) is 11.0. The molecule has 3 aromatic rings. The van der Waals surface area contributed by atoms with Crippen molar-refractivity contribution < 1.29 is 0 Å². The van der Waals surface area contributed by atoms with Gasteiger partial charge in [0.1, 0.15) is 5.65 Å². The predicted molar refractivity (Wildman–Crippen MR) is 75.7 cm³/mol. The van der Waals surface area contributed by atoms with Gasteiger partial charge in [-0.05, 0) is 43.5 Å². The van der Waals surface area contributed by atoms with Crippen LogP contribution < -0.4 is 0 Å². The molecule has 0 aliphatic carbocycles. The van der Waals surface area contributed by atoms with Crippen molar-refractivity contribution in [3.8, 4) is 11.3 Å². The van der Waals surface area contributed by atoms with E-state index < -0.39 is 0 Å². The van der Waals surface area contributed by atoms with Crippen LogP contribution in [0.4, 0.5) is 0 Å². The Labute approximate surface area is 107 Å². The van der Waals surface area contributed by atoms with Crippen molar-refractivity contribution in [3.63, 3.8) is 0 Å². The Kier molecular flexibility index (Phi) is 2.44. The van der Waals surface area contributed by atoms with Gasteiger partial charge in [-0.3, -0.25) is 0 Å². The van der Waals surface area contributed by atoms with Crippen molar-refractivity contribution in [1.29, 1.82) is 0 Å². The number of aryl methyl sites for hydroxylation is 3. The summed E-state index contributed by atoms with van der Waals surface area (Å²) in [5.74, 6) is 0. The topological polar surface area (TPSA) is 28.7 Å². The van der Waals surface area contributed by atoms with Crippen LogP contribution in [0.3, 0.4) is 0 Å². The van der Waals surface area contributed by atoms with Gasteiger partial charge in [-0.15, -0.1) is 0 Å². The van der Waals surface area contributed by atoms with Gasteiger partial charge in [-0.2, -0.15) is 0 Å². The lowest BCUT2D eigenvalue weighted by Crippen LogP contribution is -1.84. The average Bonchev–Trinajstić information content (AvgIpc) is 2.80. The molecule has 2 heterocycles. The SMILES string of the molecule is Cc1ccc(-c2cc3c(C)c(C)cnc3[nH]2)cc1. The molecule has 0 spiro atoms. The molecule has 0 unspecified atom stereocenters. The predicted octanol–water partition coefficient (Wildman–Crippen LogP) is 4.16. The molecule has 1 N–H and O–H groups in total. The Hall–Kier alpha value is -2.09. The zero-order valence-corrected chi connectivity index (χ0v) is 10.9. The molecular formula is C16H16N2. The van der Waals surface area contributed by atoms with Gasteiger partial charge in [0.2, 0.25) is 0 Å². The summed E-state index contributed by atoms with van der Waals surface area (Å²) in [5.41, 5.74) is 7.11. The fourth-order valence-corrected chi connectivity index (χ4v) is 2.19. The molecule has 0 saturated carbocycles. The molecule has 0 radical (unpaired) electrons. The number of aromatic nitrogens is 2. The minimum atomic E-state index is 0.966. The van der Waals surface area contributed by atoms with E-state index in [4.69, 9.17) is 0 Å². The fourth-order valence-electron chi connectivity index (χ4n) is 2.19. The van der Waals surface area contributed by atoms with Gasteiger partial charge in [0.25, 0.3) is 0 Å². The Morgan fingerprint density at radius 1 is 1.00 bits per heavy atom. The molecule has 90 valence electrons. The molecule has 0 amide bonds. The van der Waals surface area contributed by atoms with Crippen LogP contribution in [0, 0.1) is 20.8 Å². The van der Waals surface area contributed by atoms with Crippen molar-refractivity contribution in [2.75, 3.05) is 0 Å². The van der Waals surface area contributed by atoms with E-state index in [0.29, 0.717) is 0 Å².